The van der Waals surface area contributed by atoms with Crippen molar-refractivity contribution in [2.45, 2.75) is 26.4 Å². The average molecular weight is 276 g/mol. The number of aryl methyl sites for hydroxylation is 1. The van der Waals surface area contributed by atoms with Crippen molar-refractivity contribution in [3.8, 4) is 0 Å². The Balaban J connectivity index is 2.05. The number of carbonyl (C=O) groups is 2. The highest BCUT2D eigenvalue weighted by atomic mass is 16.4. The van der Waals surface area contributed by atoms with Crippen molar-refractivity contribution >= 4 is 17.6 Å². The van der Waals surface area contributed by atoms with Crippen LogP contribution in [0.25, 0.3) is 0 Å². The van der Waals surface area contributed by atoms with Crippen LogP contribution in [0.15, 0.2) is 30.7 Å². The Morgan fingerprint density at radius 3 is 2.95 bits per heavy atom. The van der Waals surface area contributed by atoms with E-state index in [4.69, 9.17) is 5.11 Å². The maximum atomic E-state index is 12.1. The molecule has 0 spiro atoms. The topological polar surface area (TPSA) is 89.2 Å². The number of hydrogen-bond acceptors (Lipinski definition) is 3. The zero-order valence-corrected chi connectivity index (χ0v) is 11.1. The molecule has 0 saturated heterocycles. The van der Waals surface area contributed by atoms with Crippen LogP contribution >= 0.6 is 0 Å². The van der Waals surface area contributed by atoms with Crippen LogP contribution in [0.1, 0.15) is 23.8 Å². The molecule has 0 aliphatic carbocycles. The number of amides is 1. The smallest absolute Gasteiger partial charge is 0.325 e. The molecule has 0 aromatic carbocycles. The lowest BCUT2D eigenvalue weighted by atomic mass is 10.3. The number of nitrogens with zero attached hydrogens (tertiary/aromatic N) is 3. The van der Waals surface area contributed by atoms with Gasteiger partial charge in [-0.1, -0.05) is 6.92 Å². The lowest BCUT2D eigenvalue weighted by molar-refractivity contribution is -0.137. The number of rotatable bonds is 6. The van der Waals surface area contributed by atoms with E-state index >= 15 is 0 Å². The van der Waals surface area contributed by atoms with Gasteiger partial charge < -0.3 is 15.0 Å². The van der Waals surface area contributed by atoms with Crippen molar-refractivity contribution in [1.82, 2.24) is 14.3 Å². The van der Waals surface area contributed by atoms with Gasteiger partial charge in [0.2, 0.25) is 0 Å². The second-order valence-electron chi connectivity index (χ2n) is 4.36. The molecule has 106 valence electrons. The Labute approximate surface area is 115 Å². The predicted octanol–water partition coefficient (Wildman–Crippen LogP) is 1.43. The van der Waals surface area contributed by atoms with Gasteiger partial charge in [0.05, 0.1) is 11.9 Å². The molecule has 0 atom stereocenters. The molecule has 0 unspecified atom stereocenters. The standard InChI is InChI=1S/C13H16N4O3/c1-2-5-16-6-3-4-11(16)13(20)15-10-7-14-17(8-10)9-12(18)19/h3-4,6-8H,2,5,9H2,1H3,(H,15,20)(H,18,19). The van der Waals surface area contributed by atoms with Gasteiger partial charge in [0.15, 0.2) is 0 Å². The van der Waals surface area contributed by atoms with Crippen LogP contribution in [0.2, 0.25) is 0 Å². The highest BCUT2D eigenvalue weighted by Gasteiger charge is 2.12. The summed E-state index contributed by atoms with van der Waals surface area (Å²) in [7, 11) is 0. The Bertz CT molecular complexity index is 615. The summed E-state index contributed by atoms with van der Waals surface area (Å²) >= 11 is 0. The minimum absolute atomic E-state index is 0.234. The molecule has 7 nitrogen and oxygen atoms in total. The molecule has 0 aliphatic rings. The predicted molar refractivity (Wildman–Crippen MR) is 72.5 cm³/mol. The van der Waals surface area contributed by atoms with E-state index in [1.165, 1.54) is 17.1 Å². The Morgan fingerprint density at radius 2 is 2.25 bits per heavy atom. The first-order chi connectivity index (χ1) is 9.60. The van der Waals surface area contributed by atoms with Gasteiger partial charge in [0, 0.05) is 18.9 Å². The van der Waals surface area contributed by atoms with Crippen molar-refractivity contribution in [3.63, 3.8) is 0 Å². The molecule has 0 aliphatic heterocycles. The molecule has 2 heterocycles. The van der Waals surface area contributed by atoms with Gasteiger partial charge in [-0.25, -0.2) is 0 Å². The molecule has 7 heteroatoms. The van der Waals surface area contributed by atoms with Gasteiger partial charge in [0.1, 0.15) is 12.2 Å². The van der Waals surface area contributed by atoms with E-state index < -0.39 is 5.97 Å². The van der Waals surface area contributed by atoms with Crippen molar-refractivity contribution in [1.29, 1.82) is 0 Å². The Hall–Kier alpha value is -2.57. The number of aromatic nitrogens is 3. The quantitative estimate of drug-likeness (QED) is 0.835. The summed E-state index contributed by atoms with van der Waals surface area (Å²) < 4.78 is 3.13. The lowest BCUT2D eigenvalue weighted by Gasteiger charge is -2.07. The van der Waals surface area contributed by atoms with Crippen molar-refractivity contribution in [2.75, 3.05) is 5.32 Å². The summed E-state index contributed by atoms with van der Waals surface area (Å²) in [6, 6.07) is 3.56. The third kappa shape index (κ3) is 3.25. The SMILES string of the molecule is CCCn1cccc1C(=O)Nc1cnn(CC(=O)O)c1. The summed E-state index contributed by atoms with van der Waals surface area (Å²) in [5.41, 5.74) is 1.04. The van der Waals surface area contributed by atoms with Crippen LogP contribution in [0, 0.1) is 0 Å². The number of carboxylic acid groups (broad SMARTS) is 1. The van der Waals surface area contributed by atoms with Gasteiger partial charge >= 0.3 is 5.97 Å². The van der Waals surface area contributed by atoms with Crippen molar-refractivity contribution in [2.24, 2.45) is 0 Å². The summed E-state index contributed by atoms with van der Waals surface area (Å²) in [6.45, 7) is 2.58. The van der Waals surface area contributed by atoms with E-state index in [9.17, 15) is 9.59 Å². The molecule has 0 radical (unpaired) electrons. The third-order valence-corrected chi connectivity index (χ3v) is 2.72. The summed E-state index contributed by atoms with van der Waals surface area (Å²) in [6.07, 6.45) is 5.70. The molecule has 20 heavy (non-hydrogen) atoms. The monoisotopic (exact) mass is 276 g/mol. The highest BCUT2D eigenvalue weighted by Crippen LogP contribution is 2.10. The first kappa shape index (κ1) is 13.9. The van der Waals surface area contributed by atoms with Gasteiger partial charge in [-0.05, 0) is 18.6 Å². The number of nitrogens with one attached hydrogen (secondary N) is 1. The fourth-order valence-electron chi connectivity index (χ4n) is 1.90. The fourth-order valence-corrected chi connectivity index (χ4v) is 1.90. The van der Waals surface area contributed by atoms with E-state index in [1.54, 1.807) is 6.07 Å². The van der Waals surface area contributed by atoms with Gasteiger partial charge in [-0.3, -0.25) is 14.3 Å². The van der Waals surface area contributed by atoms with Crippen molar-refractivity contribution in [3.05, 3.63) is 36.4 Å². The summed E-state index contributed by atoms with van der Waals surface area (Å²) in [5, 5.41) is 15.2. The van der Waals surface area contributed by atoms with E-state index in [0.29, 0.717) is 11.4 Å². The number of hydrogen-bond donors (Lipinski definition) is 2. The van der Waals surface area contributed by atoms with Crippen LogP contribution in [-0.4, -0.2) is 31.3 Å². The summed E-state index contributed by atoms with van der Waals surface area (Å²) in [5.74, 6) is -1.22. The molecule has 2 rings (SSSR count). The maximum Gasteiger partial charge on any atom is 0.325 e. The molecule has 0 fully saturated rings. The molecule has 0 bridgehead atoms. The molecular formula is C13H16N4O3. The summed E-state index contributed by atoms with van der Waals surface area (Å²) in [4.78, 5) is 22.7. The fraction of sp³-hybridized carbons (Fsp3) is 0.308. The average Bonchev–Trinajstić information content (AvgIpc) is 2.98. The second-order valence-corrected chi connectivity index (χ2v) is 4.36. The molecular weight excluding hydrogens is 260 g/mol. The van der Waals surface area contributed by atoms with Crippen molar-refractivity contribution < 1.29 is 14.7 Å². The van der Waals surface area contributed by atoms with Crippen LogP contribution in [0.4, 0.5) is 5.69 Å². The number of aliphatic carboxylic acids is 1. The van der Waals surface area contributed by atoms with Gasteiger partial charge in [-0.15, -0.1) is 0 Å². The van der Waals surface area contributed by atoms with E-state index in [1.807, 2.05) is 23.8 Å². The largest absolute Gasteiger partial charge is 0.480 e. The van der Waals surface area contributed by atoms with Crippen LogP contribution < -0.4 is 5.32 Å². The lowest BCUT2D eigenvalue weighted by Crippen LogP contribution is -2.16. The number of anilines is 1. The molecule has 1 amide bonds. The first-order valence-electron chi connectivity index (χ1n) is 6.31. The molecule has 0 saturated carbocycles. The minimum atomic E-state index is -0.984. The zero-order valence-electron chi connectivity index (χ0n) is 11.1. The number of carbonyl (C=O) groups excluding carboxylic acids is 1. The molecule has 2 N–H and O–H groups in total. The van der Waals surface area contributed by atoms with Gasteiger partial charge in [-0.2, -0.15) is 5.10 Å². The number of carboxylic acids is 1. The third-order valence-electron chi connectivity index (χ3n) is 2.72. The zero-order chi connectivity index (χ0) is 14.5. The highest BCUT2D eigenvalue weighted by molar-refractivity contribution is 6.03. The van der Waals surface area contributed by atoms with Crippen LogP contribution in [0.3, 0.4) is 0 Å². The second kappa shape index (κ2) is 6.05. The van der Waals surface area contributed by atoms with E-state index in [0.717, 1.165) is 13.0 Å². The van der Waals surface area contributed by atoms with Crippen LogP contribution in [-0.2, 0) is 17.9 Å². The normalized spacial score (nSPS) is 10.4. The molecule has 2 aromatic heterocycles. The van der Waals surface area contributed by atoms with E-state index in [-0.39, 0.29) is 12.5 Å². The van der Waals surface area contributed by atoms with E-state index in [2.05, 4.69) is 10.4 Å². The molecule has 2 aromatic rings. The Morgan fingerprint density at radius 1 is 1.45 bits per heavy atom. The minimum Gasteiger partial charge on any atom is -0.480 e. The first-order valence-corrected chi connectivity index (χ1v) is 6.31. The van der Waals surface area contributed by atoms with Crippen LogP contribution in [0.5, 0.6) is 0 Å². The van der Waals surface area contributed by atoms with Gasteiger partial charge in [0.25, 0.3) is 5.91 Å². The maximum absolute atomic E-state index is 12.1. The Kier molecular flexibility index (Phi) is 4.19.